The van der Waals surface area contributed by atoms with Crippen LogP contribution in [-0.2, 0) is 20.2 Å². The predicted octanol–water partition coefficient (Wildman–Crippen LogP) is 3.52. The van der Waals surface area contributed by atoms with Crippen molar-refractivity contribution >= 4 is 23.1 Å². The molecule has 0 saturated carbocycles. The van der Waals surface area contributed by atoms with Gasteiger partial charge in [-0.25, -0.2) is 4.68 Å². The van der Waals surface area contributed by atoms with Crippen LogP contribution in [0.4, 0.5) is 0 Å². The van der Waals surface area contributed by atoms with Gasteiger partial charge in [-0.3, -0.25) is 0 Å². The van der Waals surface area contributed by atoms with E-state index in [9.17, 15) is 0 Å². The topological polar surface area (TPSA) is 74.1 Å². The van der Waals surface area contributed by atoms with Crippen LogP contribution in [0, 0.1) is 0 Å². The minimum atomic E-state index is 0.564. The molecule has 1 N–H and O–H groups in total. The molecule has 9 heteroatoms. The Labute approximate surface area is 173 Å². The summed E-state index contributed by atoms with van der Waals surface area (Å²) in [5.41, 5.74) is 1.18. The normalized spacial score (nSPS) is 10.9. The lowest BCUT2D eigenvalue weighted by atomic mass is 10.2. The molecule has 0 fully saturated rings. The van der Waals surface area contributed by atoms with Crippen molar-refractivity contribution in [3.63, 3.8) is 0 Å². The third-order valence-electron chi connectivity index (χ3n) is 3.90. The number of thioether (sulfide) groups is 1. The van der Waals surface area contributed by atoms with Crippen LogP contribution in [0.2, 0.25) is 0 Å². The van der Waals surface area contributed by atoms with Gasteiger partial charge in [0.05, 0.1) is 6.61 Å². The molecule has 0 amide bonds. The first-order chi connectivity index (χ1) is 13.8. The standard InChI is InChI=1S/C19H25N5O2S2/c1-3-25-18-12-15(7-8-17(18)26-14-16-6-4-10-27-16)13-20-9-5-11-28-19-21-22-23-24(19)2/h4,6-8,10,12,20H,3,5,9,11,13-14H2,1-2H3. The van der Waals surface area contributed by atoms with E-state index in [1.54, 1.807) is 27.8 Å². The van der Waals surface area contributed by atoms with Gasteiger partial charge < -0.3 is 14.8 Å². The van der Waals surface area contributed by atoms with Gasteiger partial charge in [-0.05, 0) is 59.5 Å². The molecule has 1 aromatic carbocycles. The summed E-state index contributed by atoms with van der Waals surface area (Å²) >= 11 is 3.36. The molecule has 0 radical (unpaired) electrons. The van der Waals surface area contributed by atoms with E-state index in [2.05, 4.69) is 44.4 Å². The van der Waals surface area contributed by atoms with Crippen molar-refractivity contribution in [3.05, 3.63) is 46.2 Å². The van der Waals surface area contributed by atoms with Gasteiger partial charge in [0, 0.05) is 24.2 Å². The number of benzene rings is 1. The van der Waals surface area contributed by atoms with Crippen molar-refractivity contribution in [1.82, 2.24) is 25.5 Å². The molecule has 3 rings (SSSR count). The van der Waals surface area contributed by atoms with Crippen molar-refractivity contribution in [2.75, 3.05) is 18.9 Å². The number of aromatic nitrogens is 4. The lowest BCUT2D eigenvalue weighted by Crippen LogP contribution is -2.15. The summed E-state index contributed by atoms with van der Waals surface area (Å²) in [6, 6.07) is 10.2. The van der Waals surface area contributed by atoms with Crippen molar-refractivity contribution in [1.29, 1.82) is 0 Å². The second-order valence-electron chi connectivity index (χ2n) is 6.05. The maximum absolute atomic E-state index is 5.94. The van der Waals surface area contributed by atoms with E-state index >= 15 is 0 Å². The first-order valence-electron chi connectivity index (χ1n) is 9.23. The van der Waals surface area contributed by atoms with Crippen LogP contribution >= 0.6 is 23.1 Å². The highest BCUT2D eigenvalue weighted by Gasteiger charge is 2.08. The summed E-state index contributed by atoms with van der Waals surface area (Å²) in [4.78, 5) is 1.20. The Morgan fingerprint density at radius 1 is 1.21 bits per heavy atom. The van der Waals surface area contributed by atoms with Crippen molar-refractivity contribution in [2.45, 2.75) is 31.7 Å². The smallest absolute Gasteiger partial charge is 0.209 e. The zero-order chi connectivity index (χ0) is 19.6. The molecule has 0 saturated heterocycles. The van der Waals surface area contributed by atoms with Crippen LogP contribution in [-0.4, -0.2) is 39.1 Å². The fourth-order valence-electron chi connectivity index (χ4n) is 2.53. The second kappa shape index (κ2) is 11.0. The van der Waals surface area contributed by atoms with E-state index in [1.807, 2.05) is 26.1 Å². The van der Waals surface area contributed by atoms with Gasteiger partial charge in [-0.1, -0.05) is 23.9 Å². The molecule has 0 unspecified atom stereocenters. The molecule has 2 heterocycles. The summed E-state index contributed by atoms with van der Waals surface area (Å²) in [6.45, 7) is 4.88. The number of nitrogens with one attached hydrogen (secondary N) is 1. The number of aryl methyl sites for hydroxylation is 1. The molecule has 0 aliphatic heterocycles. The Balaban J connectivity index is 1.43. The van der Waals surface area contributed by atoms with Gasteiger partial charge >= 0.3 is 0 Å². The molecule has 0 aliphatic rings. The summed E-state index contributed by atoms with van der Waals surface area (Å²) in [5, 5.41) is 17.8. The molecule has 150 valence electrons. The summed E-state index contributed by atoms with van der Waals surface area (Å²) in [5.74, 6) is 2.55. The van der Waals surface area contributed by atoms with Crippen LogP contribution in [0.1, 0.15) is 23.8 Å². The highest BCUT2D eigenvalue weighted by Crippen LogP contribution is 2.29. The van der Waals surface area contributed by atoms with Gasteiger partial charge in [0.1, 0.15) is 6.61 Å². The molecule has 0 atom stereocenters. The third kappa shape index (κ3) is 6.22. The number of hydrogen-bond donors (Lipinski definition) is 1. The van der Waals surface area contributed by atoms with Crippen molar-refractivity contribution < 1.29 is 9.47 Å². The average molecular weight is 420 g/mol. The summed E-state index contributed by atoms with van der Waals surface area (Å²) in [7, 11) is 1.85. The Kier molecular flexibility index (Phi) is 8.13. The van der Waals surface area contributed by atoms with E-state index < -0.39 is 0 Å². The molecule has 28 heavy (non-hydrogen) atoms. The Hall–Kier alpha value is -2.10. The number of ether oxygens (including phenoxy) is 2. The van der Waals surface area contributed by atoms with E-state index in [1.165, 1.54) is 10.4 Å². The van der Waals surface area contributed by atoms with E-state index in [0.717, 1.165) is 41.9 Å². The number of nitrogens with zero attached hydrogens (tertiary/aromatic N) is 4. The second-order valence-corrected chi connectivity index (χ2v) is 8.14. The van der Waals surface area contributed by atoms with E-state index in [0.29, 0.717) is 13.2 Å². The van der Waals surface area contributed by atoms with E-state index in [4.69, 9.17) is 9.47 Å². The minimum absolute atomic E-state index is 0.564. The average Bonchev–Trinajstić information content (AvgIpc) is 3.36. The number of thiophene rings is 1. The Morgan fingerprint density at radius 2 is 2.14 bits per heavy atom. The number of rotatable bonds is 12. The van der Waals surface area contributed by atoms with Crippen LogP contribution in [0.5, 0.6) is 11.5 Å². The van der Waals surface area contributed by atoms with Gasteiger partial charge in [0.25, 0.3) is 0 Å². The Morgan fingerprint density at radius 3 is 2.89 bits per heavy atom. The van der Waals surface area contributed by atoms with Crippen LogP contribution in [0.15, 0.2) is 40.9 Å². The number of tetrazole rings is 1. The van der Waals surface area contributed by atoms with Gasteiger partial charge in [-0.15, -0.1) is 16.4 Å². The molecular weight excluding hydrogens is 394 g/mol. The molecule has 7 nitrogen and oxygen atoms in total. The lowest BCUT2D eigenvalue weighted by molar-refractivity contribution is 0.271. The molecule has 2 aromatic heterocycles. The van der Waals surface area contributed by atoms with Crippen molar-refractivity contribution in [3.8, 4) is 11.5 Å². The predicted molar refractivity (Wildman–Crippen MR) is 112 cm³/mol. The fraction of sp³-hybridized carbons (Fsp3) is 0.421. The van der Waals surface area contributed by atoms with E-state index in [-0.39, 0.29) is 0 Å². The third-order valence-corrected chi connectivity index (χ3v) is 5.84. The summed E-state index contributed by atoms with van der Waals surface area (Å²) < 4.78 is 13.4. The molecule has 0 spiro atoms. The molecule has 0 aliphatic carbocycles. The monoisotopic (exact) mass is 419 g/mol. The molecule has 0 bridgehead atoms. The fourth-order valence-corrected chi connectivity index (χ4v) is 3.94. The largest absolute Gasteiger partial charge is 0.490 e. The Bertz CT molecular complexity index is 839. The highest BCUT2D eigenvalue weighted by molar-refractivity contribution is 7.99. The zero-order valence-electron chi connectivity index (χ0n) is 16.1. The number of hydrogen-bond acceptors (Lipinski definition) is 8. The van der Waals surface area contributed by atoms with Crippen LogP contribution < -0.4 is 14.8 Å². The molecule has 3 aromatic rings. The summed E-state index contributed by atoms with van der Waals surface area (Å²) in [6.07, 6.45) is 1.04. The van der Waals surface area contributed by atoms with Crippen LogP contribution in [0.25, 0.3) is 0 Å². The first kappa shape index (κ1) is 20.6. The van der Waals surface area contributed by atoms with Gasteiger partial charge in [0.2, 0.25) is 5.16 Å². The van der Waals surface area contributed by atoms with Gasteiger partial charge in [-0.2, -0.15) is 0 Å². The van der Waals surface area contributed by atoms with Crippen LogP contribution in [0.3, 0.4) is 0 Å². The lowest BCUT2D eigenvalue weighted by Gasteiger charge is -2.13. The maximum Gasteiger partial charge on any atom is 0.209 e. The zero-order valence-corrected chi connectivity index (χ0v) is 17.8. The van der Waals surface area contributed by atoms with Gasteiger partial charge in [0.15, 0.2) is 11.5 Å². The quantitative estimate of drug-likeness (QED) is 0.356. The van der Waals surface area contributed by atoms with Crippen molar-refractivity contribution in [2.24, 2.45) is 7.05 Å². The highest BCUT2D eigenvalue weighted by atomic mass is 32.2. The first-order valence-corrected chi connectivity index (χ1v) is 11.1. The minimum Gasteiger partial charge on any atom is -0.490 e. The maximum atomic E-state index is 5.94. The molecular formula is C19H25N5O2S2. The SMILES string of the molecule is CCOc1cc(CNCCCSc2nnnn2C)ccc1OCc1cccs1.